The van der Waals surface area contributed by atoms with Crippen molar-refractivity contribution in [3.05, 3.63) is 35.0 Å². The monoisotopic (exact) mass is 311 g/mol. The van der Waals surface area contributed by atoms with Gasteiger partial charge in [0.15, 0.2) is 0 Å². The van der Waals surface area contributed by atoms with Crippen LogP contribution in [0.3, 0.4) is 0 Å². The molecule has 3 aromatic rings. The molecule has 112 valence electrons. The molecular weight excluding hydrogens is 294 g/mol. The zero-order chi connectivity index (χ0) is 14.7. The number of rotatable bonds is 2. The fraction of sp³-hybridized carbons (Fsp3) is 0.438. The van der Waals surface area contributed by atoms with Gasteiger partial charge in [-0.05, 0) is 24.3 Å². The first-order chi connectivity index (χ1) is 10.8. The van der Waals surface area contributed by atoms with Crippen LogP contribution in [0.1, 0.15) is 36.0 Å². The summed E-state index contributed by atoms with van der Waals surface area (Å²) in [6, 6.07) is 2.12. The summed E-state index contributed by atoms with van der Waals surface area (Å²) in [6.07, 6.45) is 5.32. The molecule has 1 saturated carbocycles. The predicted molar refractivity (Wildman–Crippen MR) is 87.4 cm³/mol. The zero-order valence-electron chi connectivity index (χ0n) is 12.5. The number of fused-ring (bicyclic) bond motifs is 2. The highest BCUT2D eigenvalue weighted by Crippen LogP contribution is 2.40. The van der Waals surface area contributed by atoms with Crippen LogP contribution in [-0.2, 0) is 20.0 Å². The van der Waals surface area contributed by atoms with E-state index >= 15 is 0 Å². The molecule has 22 heavy (non-hydrogen) atoms. The van der Waals surface area contributed by atoms with Gasteiger partial charge in [0.05, 0.1) is 17.6 Å². The summed E-state index contributed by atoms with van der Waals surface area (Å²) < 4.78 is 2.34. The van der Waals surface area contributed by atoms with Crippen molar-refractivity contribution in [3.63, 3.8) is 0 Å². The Labute approximate surface area is 132 Å². The number of hydrogen-bond donors (Lipinski definition) is 0. The van der Waals surface area contributed by atoms with E-state index in [1.807, 2.05) is 0 Å². The number of aromatic nitrogens is 4. The van der Waals surface area contributed by atoms with E-state index in [0.29, 0.717) is 5.92 Å². The van der Waals surface area contributed by atoms with Crippen LogP contribution in [0.25, 0.3) is 10.2 Å². The molecular formula is C16H17N5S. The molecule has 0 radical (unpaired) electrons. The van der Waals surface area contributed by atoms with Gasteiger partial charge in [-0.1, -0.05) is 0 Å². The summed E-state index contributed by atoms with van der Waals surface area (Å²) in [5.74, 6) is 3.04. The van der Waals surface area contributed by atoms with Gasteiger partial charge in [-0.25, -0.2) is 15.0 Å². The lowest BCUT2D eigenvalue weighted by Gasteiger charge is -2.28. The maximum atomic E-state index is 4.94. The molecule has 2 aliphatic rings. The highest BCUT2D eigenvalue weighted by Gasteiger charge is 2.32. The van der Waals surface area contributed by atoms with Crippen molar-refractivity contribution in [2.45, 2.75) is 31.7 Å². The summed E-state index contributed by atoms with van der Waals surface area (Å²) in [5.41, 5.74) is 2.64. The molecule has 6 heteroatoms. The molecule has 0 unspecified atom stereocenters. The van der Waals surface area contributed by atoms with Crippen molar-refractivity contribution in [1.29, 1.82) is 0 Å². The van der Waals surface area contributed by atoms with Crippen molar-refractivity contribution >= 4 is 27.4 Å². The van der Waals surface area contributed by atoms with Crippen molar-refractivity contribution in [1.82, 2.24) is 19.5 Å². The second kappa shape index (κ2) is 4.52. The Morgan fingerprint density at radius 3 is 3.05 bits per heavy atom. The molecule has 1 aliphatic carbocycles. The maximum absolute atomic E-state index is 4.94. The van der Waals surface area contributed by atoms with E-state index in [-0.39, 0.29) is 0 Å². The lowest BCUT2D eigenvalue weighted by Crippen LogP contribution is -2.31. The third-order valence-corrected chi connectivity index (χ3v) is 5.59. The standard InChI is InChI=1S/C16H17N5S/c1-20-13-4-6-21(8-12(13)19-14(20)10-2-3-10)15-11-5-7-22-16(11)18-9-17-15/h5,7,9-10H,2-4,6,8H2,1H3. The second-order valence-electron chi connectivity index (χ2n) is 6.20. The van der Waals surface area contributed by atoms with Crippen molar-refractivity contribution in [2.24, 2.45) is 7.05 Å². The van der Waals surface area contributed by atoms with E-state index in [1.165, 1.54) is 30.1 Å². The molecule has 0 spiro atoms. The van der Waals surface area contributed by atoms with Crippen LogP contribution in [0, 0.1) is 0 Å². The normalized spacial score (nSPS) is 18.0. The molecule has 5 rings (SSSR count). The summed E-state index contributed by atoms with van der Waals surface area (Å²) in [6.45, 7) is 1.86. The quantitative estimate of drug-likeness (QED) is 0.730. The van der Waals surface area contributed by atoms with E-state index in [9.17, 15) is 0 Å². The smallest absolute Gasteiger partial charge is 0.141 e. The molecule has 0 amide bonds. The molecule has 1 fully saturated rings. The van der Waals surface area contributed by atoms with Crippen LogP contribution in [0.15, 0.2) is 17.8 Å². The minimum Gasteiger partial charge on any atom is -0.350 e. The van der Waals surface area contributed by atoms with Gasteiger partial charge >= 0.3 is 0 Å². The lowest BCUT2D eigenvalue weighted by molar-refractivity contribution is 0.672. The Kier molecular flexibility index (Phi) is 2.59. The summed E-state index contributed by atoms with van der Waals surface area (Å²) >= 11 is 1.67. The summed E-state index contributed by atoms with van der Waals surface area (Å²) in [5, 5.41) is 3.25. The third-order valence-electron chi connectivity index (χ3n) is 4.77. The number of thiophene rings is 1. The van der Waals surface area contributed by atoms with E-state index in [1.54, 1.807) is 17.7 Å². The van der Waals surface area contributed by atoms with Crippen LogP contribution in [0.2, 0.25) is 0 Å². The molecule has 0 atom stereocenters. The lowest BCUT2D eigenvalue weighted by atomic mass is 10.1. The molecule has 4 heterocycles. The molecule has 0 aromatic carbocycles. The van der Waals surface area contributed by atoms with Crippen LogP contribution >= 0.6 is 11.3 Å². The topological polar surface area (TPSA) is 46.8 Å². The van der Waals surface area contributed by atoms with Gasteiger partial charge in [-0.2, -0.15) is 0 Å². The van der Waals surface area contributed by atoms with Gasteiger partial charge < -0.3 is 9.47 Å². The number of anilines is 1. The maximum Gasteiger partial charge on any atom is 0.141 e. The Balaban J connectivity index is 1.54. The van der Waals surface area contributed by atoms with Crippen molar-refractivity contribution in [2.75, 3.05) is 11.4 Å². The van der Waals surface area contributed by atoms with E-state index in [2.05, 4.69) is 37.9 Å². The zero-order valence-corrected chi connectivity index (χ0v) is 13.3. The fourth-order valence-corrected chi connectivity index (χ4v) is 4.19. The van der Waals surface area contributed by atoms with Crippen molar-refractivity contribution < 1.29 is 0 Å². The average molecular weight is 311 g/mol. The molecule has 0 saturated heterocycles. The van der Waals surface area contributed by atoms with Crippen molar-refractivity contribution in [3.8, 4) is 0 Å². The van der Waals surface area contributed by atoms with Gasteiger partial charge in [0.2, 0.25) is 0 Å². The van der Waals surface area contributed by atoms with Gasteiger partial charge in [-0.3, -0.25) is 0 Å². The minimum absolute atomic E-state index is 0.701. The highest BCUT2D eigenvalue weighted by atomic mass is 32.1. The van der Waals surface area contributed by atoms with E-state index in [0.717, 1.165) is 35.5 Å². The second-order valence-corrected chi connectivity index (χ2v) is 7.10. The largest absolute Gasteiger partial charge is 0.350 e. The van der Waals surface area contributed by atoms with Gasteiger partial charge in [0.25, 0.3) is 0 Å². The Morgan fingerprint density at radius 1 is 1.27 bits per heavy atom. The first-order valence-corrected chi connectivity index (χ1v) is 8.67. The molecule has 1 aliphatic heterocycles. The molecule has 3 aromatic heterocycles. The van der Waals surface area contributed by atoms with Crippen LogP contribution < -0.4 is 4.90 Å². The average Bonchev–Trinajstić information content (AvgIpc) is 3.17. The first-order valence-electron chi connectivity index (χ1n) is 7.79. The molecule has 5 nitrogen and oxygen atoms in total. The highest BCUT2D eigenvalue weighted by molar-refractivity contribution is 7.16. The van der Waals surface area contributed by atoms with Crippen LogP contribution in [-0.4, -0.2) is 26.1 Å². The molecule has 0 bridgehead atoms. The Morgan fingerprint density at radius 2 is 2.18 bits per heavy atom. The number of hydrogen-bond acceptors (Lipinski definition) is 5. The summed E-state index contributed by atoms with van der Waals surface area (Å²) in [7, 11) is 2.18. The predicted octanol–water partition coefficient (Wildman–Crippen LogP) is 2.86. The van der Waals surface area contributed by atoms with Crippen LogP contribution in [0.5, 0.6) is 0 Å². The minimum atomic E-state index is 0.701. The Hall–Kier alpha value is -1.95. The van der Waals surface area contributed by atoms with Gasteiger partial charge in [0, 0.05) is 31.6 Å². The molecule has 0 N–H and O–H groups in total. The van der Waals surface area contributed by atoms with Gasteiger partial charge in [0.1, 0.15) is 22.8 Å². The third kappa shape index (κ3) is 1.80. The number of nitrogens with zero attached hydrogens (tertiary/aromatic N) is 5. The fourth-order valence-electron chi connectivity index (χ4n) is 3.47. The van der Waals surface area contributed by atoms with E-state index < -0.39 is 0 Å². The van der Waals surface area contributed by atoms with E-state index in [4.69, 9.17) is 4.98 Å². The first kappa shape index (κ1) is 12.6. The SMILES string of the molecule is Cn1c(C2CC2)nc2c1CCN(c1ncnc3sccc13)C2. The number of imidazole rings is 1. The summed E-state index contributed by atoms with van der Waals surface area (Å²) in [4.78, 5) is 17.2. The Bertz CT molecular complexity index is 861. The van der Waals surface area contributed by atoms with Gasteiger partial charge in [-0.15, -0.1) is 11.3 Å². The van der Waals surface area contributed by atoms with Crippen LogP contribution in [0.4, 0.5) is 5.82 Å².